The predicted molar refractivity (Wildman–Crippen MR) is 121 cm³/mol. The minimum absolute atomic E-state index is 0.0448. The molecule has 0 aliphatic heterocycles. The highest BCUT2D eigenvalue weighted by Crippen LogP contribution is 2.34. The lowest BCUT2D eigenvalue weighted by molar-refractivity contribution is -0.137. The number of nitrogens with one attached hydrogen (secondary N) is 1. The summed E-state index contributed by atoms with van der Waals surface area (Å²) >= 11 is 11.7. The lowest BCUT2D eigenvalue weighted by Gasteiger charge is -2.16. The number of alkyl halides is 3. The number of rotatable bonds is 6. The van der Waals surface area contributed by atoms with Crippen molar-refractivity contribution >= 4 is 46.5 Å². The molecule has 0 heterocycles. The number of amides is 1. The van der Waals surface area contributed by atoms with Crippen LogP contribution in [0.4, 0.5) is 18.9 Å². The van der Waals surface area contributed by atoms with Gasteiger partial charge in [0.2, 0.25) is 0 Å². The summed E-state index contributed by atoms with van der Waals surface area (Å²) in [4.78, 5) is 38.0. The van der Waals surface area contributed by atoms with Crippen molar-refractivity contribution in [2.45, 2.75) is 19.2 Å². The predicted octanol–water partition coefficient (Wildman–Crippen LogP) is 6.43. The molecule has 10 heteroatoms. The maximum atomic E-state index is 12.9. The first-order valence-electron chi connectivity index (χ1n) is 9.75. The molecule has 0 saturated carbocycles. The van der Waals surface area contributed by atoms with Crippen molar-refractivity contribution in [3.8, 4) is 0 Å². The van der Waals surface area contributed by atoms with Gasteiger partial charge in [0.1, 0.15) is 0 Å². The van der Waals surface area contributed by atoms with Gasteiger partial charge in [0.25, 0.3) is 5.91 Å². The molecule has 176 valence electrons. The van der Waals surface area contributed by atoms with Crippen LogP contribution in [0, 0.1) is 0 Å². The first kappa shape index (κ1) is 25.3. The van der Waals surface area contributed by atoms with Gasteiger partial charge >= 0.3 is 12.1 Å². The van der Waals surface area contributed by atoms with Gasteiger partial charge in [-0.1, -0.05) is 41.4 Å². The zero-order valence-electron chi connectivity index (χ0n) is 17.5. The van der Waals surface area contributed by atoms with Gasteiger partial charge in [-0.15, -0.1) is 0 Å². The third-order valence-electron chi connectivity index (χ3n) is 4.70. The summed E-state index contributed by atoms with van der Waals surface area (Å²) < 4.78 is 44.0. The van der Waals surface area contributed by atoms with Crippen LogP contribution in [0.15, 0.2) is 66.7 Å². The largest absolute Gasteiger partial charge is 0.449 e. The Labute approximate surface area is 202 Å². The molecule has 3 aromatic carbocycles. The molecule has 3 aromatic rings. The van der Waals surface area contributed by atoms with Crippen molar-refractivity contribution < 1.29 is 32.3 Å². The van der Waals surface area contributed by atoms with Gasteiger partial charge in [0, 0.05) is 16.1 Å². The van der Waals surface area contributed by atoms with E-state index in [1.54, 1.807) is 6.07 Å². The van der Waals surface area contributed by atoms with E-state index in [4.69, 9.17) is 27.9 Å². The van der Waals surface area contributed by atoms with Crippen LogP contribution in [0.2, 0.25) is 10.0 Å². The Morgan fingerprint density at radius 2 is 1.53 bits per heavy atom. The molecular weight excluding hydrogens is 494 g/mol. The Hall–Kier alpha value is -3.36. The molecule has 0 spiro atoms. The Morgan fingerprint density at radius 1 is 0.912 bits per heavy atom. The van der Waals surface area contributed by atoms with Gasteiger partial charge in [-0.3, -0.25) is 9.59 Å². The highest BCUT2D eigenvalue weighted by molar-refractivity contribution is 6.33. The number of ketones is 1. The quantitative estimate of drug-likeness (QED) is 0.307. The van der Waals surface area contributed by atoms with E-state index in [-0.39, 0.29) is 27.4 Å². The Kier molecular flexibility index (Phi) is 7.64. The average molecular weight is 510 g/mol. The summed E-state index contributed by atoms with van der Waals surface area (Å²) in [6.07, 6.45) is -6.04. The second-order valence-electron chi connectivity index (χ2n) is 7.11. The minimum atomic E-state index is -4.64. The molecule has 1 atom stereocenters. The van der Waals surface area contributed by atoms with Crippen molar-refractivity contribution in [1.29, 1.82) is 0 Å². The monoisotopic (exact) mass is 509 g/mol. The summed E-state index contributed by atoms with van der Waals surface area (Å²) in [6.45, 7) is 1.23. The first-order chi connectivity index (χ1) is 16.0. The Balaban J connectivity index is 1.76. The third-order valence-corrected chi connectivity index (χ3v) is 5.28. The van der Waals surface area contributed by atoms with Crippen molar-refractivity contribution in [3.05, 3.63) is 99.0 Å². The van der Waals surface area contributed by atoms with Crippen LogP contribution in [0.3, 0.4) is 0 Å². The van der Waals surface area contributed by atoms with Gasteiger partial charge in [-0.2, -0.15) is 13.2 Å². The number of anilines is 1. The van der Waals surface area contributed by atoms with Crippen LogP contribution in [-0.2, 0) is 15.7 Å². The fraction of sp³-hybridized carbons (Fsp3) is 0.125. The third kappa shape index (κ3) is 5.95. The van der Waals surface area contributed by atoms with Gasteiger partial charge in [0.15, 0.2) is 11.9 Å². The van der Waals surface area contributed by atoms with Gasteiger partial charge in [-0.05, 0) is 55.5 Å². The Bertz CT molecular complexity index is 1240. The van der Waals surface area contributed by atoms with Crippen molar-refractivity contribution in [3.63, 3.8) is 0 Å². The maximum absolute atomic E-state index is 12.9. The van der Waals surface area contributed by atoms with Crippen molar-refractivity contribution in [2.24, 2.45) is 0 Å². The second kappa shape index (κ2) is 10.3. The van der Waals surface area contributed by atoms with E-state index < -0.39 is 35.5 Å². The van der Waals surface area contributed by atoms with Crippen LogP contribution in [-0.4, -0.2) is 23.8 Å². The highest BCUT2D eigenvalue weighted by Gasteiger charge is 2.31. The summed E-state index contributed by atoms with van der Waals surface area (Å²) in [7, 11) is 0. The number of carbonyl (C=O) groups is 3. The van der Waals surface area contributed by atoms with Crippen LogP contribution in [0.25, 0.3) is 0 Å². The molecule has 0 fully saturated rings. The van der Waals surface area contributed by atoms with Crippen molar-refractivity contribution in [1.82, 2.24) is 0 Å². The molecule has 0 radical (unpaired) electrons. The van der Waals surface area contributed by atoms with Crippen LogP contribution in [0.5, 0.6) is 0 Å². The lowest BCUT2D eigenvalue weighted by atomic mass is 9.98. The molecule has 0 aliphatic carbocycles. The number of carbonyl (C=O) groups excluding carboxylic acids is 3. The molecule has 1 N–H and O–H groups in total. The van der Waals surface area contributed by atoms with Crippen LogP contribution < -0.4 is 5.32 Å². The SMILES string of the molecule is C[C@@H](OC(=O)c1ccccc1C(=O)c1ccc(Cl)cc1)C(=O)Nc1cc(C(F)(F)F)ccc1Cl. The van der Waals surface area contributed by atoms with Gasteiger partial charge in [0.05, 0.1) is 21.8 Å². The van der Waals surface area contributed by atoms with E-state index in [0.717, 1.165) is 12.1 Å². The fourth-order valence-corrected chi connectivity index (χ4v) is 3.22. The normalized spacial score (nSPS) is 12.1. The number of ether oxygens (including phenoxy) is 1. The smallest absolute Gasteiger partial charge is 0.416 e. The molecule has 5 nitrogen and oxygen atoms in total. The van der Waals surface area contributed by atoms with E-state index in [2.05, 4.69) is 5.32 Å². The molecule has 0 aliphatic rings. The van der Waals surface area contributed by atoms with E-state index in [0.29, 0.717) is 11.1 Å². The average Bonchev–Trinajstić information content (AvgIpc) is 2.79. The van der Waals surface area contributed by atoms with Gasteiger partial charge in [-0.25, -0.2) is 4.79 Å². The first-order valence-corrected chi connectivity index (χ1v) is 10.5. The Morgan fingerprint density at radius 3 is 2.15 bits per heavy atom. The van der Waals surface area contributed by atoms with Gasteiger partial charge < -0.3 is 10.1 Å². The number of hydrogen-bond donors (Lipinski definition) is 1. The topological polar surface area (TPSA) is 72.5 Å². The summed E-state index contributed by atoms with van der Waals surface area (Å²) in [6, 6.07) is 14.4. The number of benzene rings is 3. The molecule has 34 heavy (non-hydrogen) atoms. The van der Waals surface area contributed by atoms with E-state index >= 15 is 0 Å². The summed E-state index contributed by atoms with van der Waals surface area (Å²) in [5.74, 6) is -2.33. The standard InChI is InChI=1S/C24H16Cl2F3NO4/c1-13(22(32)30-20-12-15(24(27,28)29)8-11-19(20)26)34-23(33)18-5-3-2-4-17(18)21(31)14-6-9-16(25)10-7-14/h2-13H,1H3,(H,30,32)/t13-/m1/s1. The summed E-state index contributed by atoms with van der Waals surface area (Å²) in [5, 5.41) is 2.53. The lowest BCUT2D eigenvalue weighted by Crippen LogP contribution is -2.30. The highest BCUT2D eigenvalue weighted by atomic mass is 35.5. The van der Waals surface area contributed by atoms with E-state index in [1.165, 1.54) is 49.4 Å². The summed E-state index contributed by atoms with van der Waals surface area (Å²) in [5.41, 5.74) is -1.05. The number of esters is 1. The number of halogens is 5. The second-order valence-corrected chi connectivity index (χ2v) is 7.95. The minimum Gasteiger partial charge on any atom is -0.449 e. The van der Waals surface area contributed by atoms with Crippen LogP contribution in [0.1, 0.15) is 38.8 Å². The molecule has 0 unspecified atom stereocenters. The van der Waals surface area contributed by atoms with E-state index in [9.17, 15) is 27.6 Å². The molecule has 3 rings (SSSR count). The zero-order chi connectivity index (χ0) is 25.0. The van der Waals surface area contributed by atoms with Crippen LogP contribution >= 0.6 is 23.2 Å². The molecule has 0 bridgehead atoms. The molecule has 0 aromatic heterocycles. The molecule has 1 amide bonds. The van der Waals surface area contributed by atoms with E-state index in [1.807, 2.05) is 0 Å². The zero-order valence-corrected chi connectivity index (χ0v) is 19.0. The molecular formula is C24H16Cl2F3NO4. The fourth-order valence-electron chi connectivity index (χ4n) is 2.93. The molecule has 0 saturated heterocycles. The van der Waals surface area contributed by atoms with Crippen molar-refractivity contribution in [2.75, 3.05) is 5.32 Å². The maximum Gasteiger partial charge on any atom is 0.416 e. The number of hydrogen-bond acceptors (Lipinski definition) is 4.